The normalized spacial score (nSPS) is 16.2. The van der Waals surface area contributed by atoms with Crippen LogP contribution in [-0.4, -0.2) is 86.9 Å². The SMILES string of the molecule is C=Cc1cnc(Nc2cc(CC)c(N3CCC4(CC3)CN(C)C4)cc2OC)nc1Nc1ccc2nccnc2c1N(C)S(C)(=O)=O. The third kappa shape index (κ3) is 6.04. The molecule has 2 aromatic carbocycles. The number of hydrogen-bond donors (Lipinski definition) is 2. The second-order valence-electron chi connectivity index (χ2n) is 12.3. The van der Waals surface area contributed by atoms with Crippen molar-refractivity contribution in [1.82, 2.24) is 24.8 Å². The highest BCUT2D eigenvalue weighted by molar-refractivity contribution is 7.92. The van der Waals surface area contributed by atoms with Crippen LogP contribution in [0, 0.1) is 5.41 Å². The number of nitrogens with one attached hydrogen (secondary N) is 2. The Morgan fingerprint density at radius 1 is 1.09 bits per heavy atom. The molecule has 0 aliphatic carbocycles. The van der Waals surface area contributed by atoms with Crippen LogP contribution in [0.25, 0.3) is 17.1 Å². The largest absolute Gasteiger partial charge is 0.494 e. The van der Waals surface area contributed by atoms with Crippen molar-refractivity contribution >= 4 is 61.6 Å². The highest BCUT2D eigenvalue weighted by Gasteiger charge is 2.43. The Morgan fingerprint density at radius 3 is 2.48 bits per heavy atom. The first kappa shape index (κ1) is 31.5. The zero-order valence-electron chi connectivity index (χ0n) is 27.0. The number of benzene rings is 2. The molecule has 46 heavy (non-hydrogen) atoms. The smallest absolute Gasteiger partial charge is 0.232 e. The molecule has 2 aromatic heterocycles. The fourth-order valence-electron chi connectivity index (χ4n) is 6.65. The molecule has 0 saturated carbocycles. The van der Waals surface area contributed by atoms with E-state index in [1.807, 2.05) is 0 Å². The van der Waals surface area contributed by atoms with E-state index in [-0.39, 0.29) is 0 Å². The van der Waals surface area contributed by atoms with E-state index in [0.717, 1.165) is 31.5 Å². The number of sulfonamides is 1. The second kappa shape index (κ2) is 12.4. The maximum absolute atomic E-state index is 12.6. The monoisotopic (exact) mass is 643 g/mol. The predicted molar refractivity (Wildman–Crippen MR) is 185 cm³/mol. The Bertz CT molecular complexity index is 1880. The van der Waals surface area contributed by atoms with Gasteiger partial charge in [0.1, 0.15) is 22.8 Å². The summed E-state index contributed by atoms with van der Waals surface area (Å²) >= 11 is 0. The van der Waals surface area contributed by atoms with Gasteiger partial charge in [0.15, 0.2) is 0 Å². The first-order valence-electron chi connectivity index (χ1n) is 15.4. The molecule has 13 heteroatoms. The number of ether oxygens (including phenoxy) is 1. The van der Waals surface area contributed by atoms with Crippen LogP contribution in [-0.2, 0) is 16.4 Å². The van der Waals surface area contributed by atoms with Gasteiger partial charge in [-0.05, 0) is 55.5 Å². The van der Waals surface area contributed by atoms with Gasteiger partial charge in [-0.1, -0.05) is 19.6 Å². The highest BCUT2D eigenvalue weighted by atomic mass is 32.2. The van der Waals surface area contributed by atoms with Crippen molar-refractivity contribution in [3.8, 4) is 5.75 Å². The Kier molecular flexibility index (Phi) is 8.47. The number of fused-ring (bicyclic) bond motifs is 1. The highest BCUT2D eigenvalue weighted by Crippen LogP contribution is 2.43. The number of likely N-dealkylation sites (tertiary alicyclic amines) is 1. The van der Waals surface area contributed by atoms with Crippen LogP contribution in [0.1, 0.15) is 30.9 Å². The summed E-state index contributed by atoms with van der Waals surface area (Å²) in [5, 5.41) is 6.67. The van der Waals surface area contributed by atoms with Gasteiger partial charge >= 0.3 is 0 Å². The molecular formula is C33H41N9O3S. The number of methoxy groups -OCH3 is 1. The van der Waals surface area contributed by atoms with E-state index in [9.17, 15) is 8.42 Å². The molecular weight excluding hydrogens is 602 g/mol. The maximum Gasteiger partial charge on any atom is 0.232 e. The van der Waals surface area contributed by atoms with Crippen molar-refractivity contribution in [2.75, 3.05) is 73.5 Å². The van der Waals surface area contributed by atoms with Crippen molar-refractivity contribution in [2.45, 2.75) is 26.2 Å². The minimum Gasteiger partial charge on any atom is -0.494 e. The average molecular weight is 644 g/mol. The van der Waals surface area contributed by atoms with Gasteiger partial charge in [-0.3, -0.25) is 14.3 Å². The maximum atomic E-state index is 12.6. The summed E-state index contributed by atoms with van der Waals surface area (Å²) < 4.78 is 32.3. The summed E-state index contributed by atoms with van der Waals surface area (Å²) in [5.74, 6) is 1.48. The Labute approximate surface area is 270 Å². The molecule has 12 nitrogen and oxygen atoms in total. The number of hydrogen-bond acceptors (Lipinski definition) is 11. The van der Waals surface area contributed by atoms with E-state index in [1.54, 1.807) is 37.7 Å². The molecule has 0 bridgehead atoms. The van der Waals surface area contributed by atoms with E-state index in [1.165, 1.54) is 54.7 Å². The van der Waals surface area contributed by atoms with E-state index >= 15 is 0 Å². The van der Waals surface area contributed by atoms with Gasteiger partial charge in [-0.2, -0.15) is 4.98 Å². The molecule has 1 spiro atoms. The standard InChI is InChI=1S/C33H41N9O3S/c1-7-22-17-26(28(45-5)18-27(22)42-15-11-33(12-16-42)20-40(3)21-33)38-32-36-19-23(8-2)31(39-32)37-25-10-9-24-29(35-14-13-34-24)30(25)41(4)46(6,43)44/h8-10,13-14,17-19H,2,7,11-12,15-16,20-21H2,1,3-6H3,(H2,36,37,38,39). The number of aryl methyl sites for hydroxylation is 1. The minimum atomic E-state index is -3.62. The lowest BCUT2D eigenvalue weighted by molar-refractivity contribution is 0.00129. The van der Waals surface area contributed by atoms with Crippen LogP contribution in [0.4, 0.5) is 34.5 Å². The van der Waals surface area contributed by atoms with Crippen LogP contribution >= 0.6 is 0 Å². The summed E-state index contributed by atoms with van der Waals surface area (Å²) in [6, 6.07) is 7.78. The van der Waals surface area contributed by atoms with Crippen molar-refractivity contribution in [2.24, 2.45) is 5.41 Å². The molecule has 2 aliphatic rings. The Morgan fingerprint density at radius 2 is 1.83 bits per heavy atom. The number of piperidine rings is 1. The van der Waals surface area contributed by atoms with Gasteiger partial charge in [0.2, 0.25) is 16.0 Å². The molecule has 4 aromatic rings. The van der Waals surface area contributed by atoms with Crippen LogP contribution in [0.15, 0.2) is 49.4 Å². The zero-order chi connectivity index (χ0) is 32.6. The molecule has 6 rings (SSSR count). The topological polar surface area (TPSA) is 129 Å². The summed E-state index contributed by atoms with van der Waals surface area (Å²) in [6.07, 6.45) is 10.8. The molecule has 2 fully saturated rings. The minimum absolute atomic E-state index is 0.341. The summed E-state index contributed by atoms with van der Waals surface area (Å²) in [6.45, 7) is 10.5. The summed E-state index contributed by atoms with van der Waals surface area (Å²) in [7, 11) is 1.74. The van der Waals surface area contributed by atoms with E-state index in [2.05, 4.69) is 68.1 Å². The average Bonchev–Trinajstić information content (AvgIpc) is 3.03. The van der Waals surface area contributed by atoms with Crippen LogP contribution < -0.4 is 24.6 Å². The predicted octanol–water partition coefficient (Wildman–Crippen LogP) is 5.05. The van der Waals surface area contributed by atoms with Gasteiger partial charge < -0.3 is 25.2 Å². The van der Waals surface area contributed by atoms with Crippen LogP contribution in [0.3, 0.4) is 0 Å². The lowest BCUT2D eigenvalue weighted by atomic mass is 9.72. The molecule has 0 unspecified atom stereocenters. The quantitative estimate of drug-likeness (QED) is 0.241. The van der Waals surface area contributed by atoms with E-state index in [4.69, 9.17) is 9.72 Å². The third-order valence-electron chi connectivity index (χ3n) is 9.12. The fraction of sp³-hybridized carbons (Fsp3) is 0.394. The molecule has 2 N–H and O–H groups in total. The van der Waals surface area contributed by atoms with Gasteiger partial charge in [0.25, 0.3) is 0 Å². The van der Waals surface area contributed by atoms with Gasteiger partial charge in [0.05, 0.1) is 30.3 Å². The van der Waals surface area contributed by atoms with Gasteiger partial charge in [0, 0.05) is 69.1 Å². The number of rotatable bonds is 10. The van der Waals surface area contributed by atoms with Gasteiger partial charge in [-0.25, -0.2) is 13.4 Å². The van der Waals surface area contributed by atoms with Crippen molar-refractivity contribution in [3.05, 3.63) is 60.6 Å². The third-order valence-corrected chi connectivity index (χ3v) is 10.3. The zero-order valence-corrected chi connectivity index (χ0v) is 27.9. The lowest BCUT2D eigenvalue weighted by Crippen LogP contribution is -2.58. The van der Waals surface area contributed by atoms with E-state index in [0.29, 0.717) is 50.9 Å². The summed E-state index contributed by atoms with van der Waals surface area (Å²) in [4.78, 5) is 23.0. The Balaban J connectivity index is 1.31. The lowest BCUT2D eigenvalue weighted by Gasteiger charge is -2.53. The molecule has 0 radical (unpaired) electrons. The summed E-state index contributed by atoms with van der Waals surface area (Å²) in [5.41, 5.74) is 6.14. The molecule has 0 atom stereocenters. The first-order valence-corrected chi connectivity index (χ1v) is 17.2. The van der Waals surface area contributed by atoms with Crippen LogP contribution in [0.5, 0.6) is 5.75 Å². The fourth-order valence-corrected chi connectivity index (χ4v) is 7.17. The van der Waals surface area contributed by atoms with Crippen molar-refractivity contribution in [3.63, 3.8) is 0 Å². The number of nitrogens with zero attached hydrogens (tertiary/aromatic N) is 7. The van der Waals surface area contributed by atoms with Crippen LogP contribution in [0.2, 0.25) is 0 Å². The molecule has 2 aliphatic heterocycles. The molecule has 2 saturated heterocycles. The number of anilines is 6. The van der Waals surface area contributed by atoms with Crippen molar-refractivity contribution < 1.29 is 13.2 Å². The molecule has 242 valence electrons. The van der Waals surface area contributed by atoms with E-state index < -0.39 is 10.0 Å². The first-order chi connectivity index (χ1) is 22.0. The second-order valence-corrected chi connectivity index (χ2v) is 14.3. The van der Waals surface area contributed by atoms with Crippen molar-refractivity contribution in [1.29, 1.82) is 0 Å². The van der Waals surface area contributed by atoms with Gasteiger partial charge in [-0.15, -0.1) is 0 Å². The number of aromatic nitrogens is 4. The Hall–Kier alpha value is -4.49. The molecule has 0 amide bonds. The molecule has 4 heterocycles.